The predicted molar refractivity (Wildman–Crippen MR) is 122 cm³/mol. The lowest BCUT2D eigenvalue weighted by molar-refractivity contribution is 0.627. The molecule has 0 saturated heterocycles. The first kappa shape index (κ1) is 20.7. The van der Waals surface area contributed by atoms with Gasteiger partial charge in [-0.1, -0.05) is 13.8 Å². The number of fused-ring (bicyclic) bond motifs is 1. The molecular weight excluding hydrogens is 395 g/mol. The summed E-state index contributed by atoms with van der Waals surface area (Å²) < 4.78 is 15.6. The monoisotopic (exact) mass is 422 g/mol. The van der Waals surface area contributed by atoms with Crippen molar-refractivity contribution >= 4 is 17.0 Å². The minimum atomic E-state index is -0.226. The molecule has 0 radical (unpaired) electrons. The van der Waals surface area contributed by atoms with Crippen LogP contribution in [-0.4, -0.2) is 19.6 Å². The van der Waals surface area contributed by atoms with E-state index in [1.165, 1.54) is 11.6 Å². The fourth-order valence-electron chi connectivity index (χ4n) is 4.17. The summed E-state index contributed by atoms with van der Waals surface area (Å²) in [5, 5.41) is 5.71. The van der Waals surface area contributed by atoms with Gasteiger partial charge in [-0.15, -0.1) is 11.3 Å². The number of rotatable bonds is 5. The molecule has 0 fully saturated rings. The molecule has 0 aliphatic carbocycles. The molecule has 0 amide bonds. The largest absolute Gasteiger partial charge is 0.241 e. The molecule has 3 heterocycles. The smallest absolute Gasteiger partial charge is 0.158 e. The maximum Gasteiger partial charge on any atom is 0.158 e. The van der Waals surface area contributed by atoms with Gasteiger partial charge in [0.2, 0.25) is 0 Å². The van der Waals surface area contributed by atoms with Crippen LogP contribution in [0.25, 0.3) is 26.8 Å². The van der Waals surface area contributed by atoms with Crippen molar-refractivity contribution in [2.24, 2.45) is 0 Å². The molecule has 4 rings (SSSR count). The van der Waals surface area contributed by atoms with E-state index in [2.05, 4.69) is 19.9 Å². The lowest BCUT2D eigenvalue weighted by atomic mass is 9.95. The standard InChI is InChI=1S/C24H27FN4S/c1-7-17(8-2)20-12-14(4)28-29-21(15(5)26-23(20)29)22-16(6)27-24(30-22)19-10-9-18(25)11-13(19)3/h9-12,17H,7-8H2,1-6H3. The number of benzene rings is 1. The van der Waals surface area contributed by atoms with Crippen molar-refractivity contribution in [2.45, 2.75) is 60.3 Å². The van der Waals surface area contributed by atoms with E-state index in [4.69, 9.17) is 15.1 Å². The van der Waals surface area contributed by atoms with Gasteiger partial charge in [-0.25, -0.2) is 18.9 Å². The Labute approximate surface area is 180 Å². The zero-order chi connectivity index (χ0) is 21.6. The average Bonchev–Trinajstić information content (AvgIpc) is 3.21. The molecule has 0 saturated carbocycles. The van der Waals surface area contributed by atoms with Gasteiger partial charge in [0.05, 0.1) is 22.0 Å². The van der Waals surface area contributed by atoms with E-state index in [0.717, 1.165) is 62.3 Å². The molecule has 0 spiro atoms. The quantitative estimate of drug-likeness (QED) is 0.355. The Morgan fingerprint density at radius 1 is 1.00 bits per heavy atom. The summed E-state index contributed by atoms with van der Waals surface area (Å²) in [5.74, 6) is 0.236. The van der Waals surface area contributed by atoms with Gasteiger partial charge in [-0.05, 0) is 76.3 Å². The topological polar surface area (TPSA) is 43.1 Å². The van der Waals surface area contributed by atoms with E-state index in [9.17, 15) is 4.39 Å². The Hall–Kier alpha value is -2.60. The van der Waals surface area contributed by atoms with Gasteiger partial charge < -0.3 is 0 Å². The number of hydrogen-bond donors (Lipinski definition) is 0. The number of halogens is 1. The second-order valence-corrected chi connectivity index (χ2v) is 8.93. The van der Waals surface area contributed by atoms with Crippen LogP contribution < -0.4 is 0 Å². The average molecular weight is 423 g/mol. The fourth-order valence-corrected chi connectivity index (χ4v) is 5.41. The summed E-state index contributed by atoms with van der Waals surface area (Å²) in [5.41, 5.74) is 7.93. The summed E-state index contributed by atoms with van der Waals surface area (Å²) in [7, 11) is 0. The second-order valence-electron chi connectivity index (χ2n) is 7.93. The molecule has 156 valence electrons. The minimum Gasteiger partial charge on any atom is -0.241 e. The van der Waals surface area contributed by atoms with Gasteiger partial charge in [-0.2, -0.15) is 5.10 Å². The van der Waals surface area contributed by atoms with Crippen LogP contribution in [0.5, 0.6) is 0 Å². The Morgan fingerprint density at radius 3 is 2.40 bits per heavy atom. The van der Waals surface area contributed by atoms with Gasteiger partial charge in [0.25, 0.3) is 0 Å². The zero-order valence-electron chi connectivity index (χ0n) is 18.4. The molecule has 30 heavy (non-hydrogen) atoms. The van der Waals surface area contributed by atoms with E-state index in [0.29, 0.717) is 5.92 Å². The van der Waals surface area contributed by atoms with Crippen LogP contribution in [0.15, 0.2) is 24.3 Å². The highest BCUT2D eigenvalue weighted by atomic mass is 32.1. The van der Waals surface area contributed by atoms with Crippen LogP contribution in [0.2, 0.25) is 0 Å². The third-order valence-electron chi connectivity index (χ3n) is 5.77. The third kappa shape index (κ3) is 3.43. The molecule has 6 heteroatoms. The molecule has 0 aliphatic rings. The zero-order valence-corrected chi connectivity index (χ0v) is 19.2. The molecule has 0 aliphatic heterocycles. The number of thiazole rings is 1. The summed E-state index contributed by atoms with van der Waals surface area (Å²) in [4.78, 5) is 10.8. The number of imidazole rings is 1. The highest BCUT2D eigenvalue weighted by Crippen LogP contribution is 2.39. The fraction of sp³-hybridized carbons (Fsp3) is 0.375. The van der Waals surface area contributed by atoms with E-state index >= 15 is 0 Å². The highest BCUT2D eigenvalue weighted by molar-refractivity contribution is 7.18. The third-order valence-corrected chi connectivity index (χ3v) is 6.96. The van der Waals surface area contributed by atoms with Crippen molar-refractivity contribution < 1.29 is 4.39 Å². The van der Waals surface area contributed by atoms with Crippen LogP contribution >= 0.6 is 11.3 Å². The first-order chi connectivity index (χ1) is 14.3. The lowest BCUT2D eigenvalue weighted by Crippen LogP contribution is -2.05. The first-order valence-corrected chi connectivity index (χ1v) is 11.3. The van der Waals surface area contributed by atoms with Crippen molar-refractivity contribution in [3.63, 3.8) is 0 Å². The lowest BCUT2D eigenvalue weighted by Gasteiger charge is -2.14. The van der Waals surface area contributed by atoms with Crippen LogP contribution in [-0.2, 0) is 0 Å². The van der Waals surface area contributed by atoms with Gasteiger partial charge >= 0.3 is 0 Å². The van der Waals surface area contributed by atoms with Crippen molar-refractivity contribution in [2.75, 3.05) is 0 Å². The van der Waals surface area contributed by atoms with E-state index in [-0.39, 0.29) is 5.82 Å². The molecule has 4 nitrogen and oxygen atoms in total. The summed E-state index contributed by atoms with van der Waals surface area (Å²) in [6, 6.07) is 7.03. The maximum atomic E-state index is 13.6. The highest BCUT2D eigenvalue weighted by Gasteiger charge is 2.23. The van der Waals surface area contributed by atoms with Gasteiger partial charge in [0.15, 0.2) is 5.65 Å². The molecule has 0 atom stereocenters. The summed E-state index contributed by atoms with van der Waals surface area (Å²) in [6.45, 7) is 12.5. The number of hydrogen-bond acceptors (Lipinski definition) is 4. The minimum absolute atomic E-state index is 0.226. The van der Waals surface area contributed by atoms with Crippen LogP contribution in [0.1, 0.15) is 60.8 Å². The van der Waals surface area contributed by atoms with Crippen LogP contribution in [0.4, 0.5) is 4.39 Å². The first-order valence-electron chi connectivity index (χ1n) is 10.4. The summed E-state index contributed by atoms with van der Waals surface area (Å²) >= 11 is 1.62. The van der Waals surface area contributed by atoms with Gasteiger partial charge in [0.1, 0.15) is 16.5 Å². The molecule has 1 aromatic carbocycles. The number of aromatic nitrogens is 4. The van der Waals surface area contributed by atoms with E-state index in [1.54, 1.807) is 17.4 Å². The number of nitrogens with zero attached hydrogens (tertiary/aromatic N) is 4. The van der Waals surface area contributed by atoms with Crippen LogP contribution in [0.3, 0.4) is 0 Å². The Kier molecular flexibility index (Phi) is 5.45. The maximum absolute atomic E-state index is 13.6. The molecular formula is C24H27FN4S. The van der Waals surface area contributed by atoms with Crippen molar-refractivity contribution in [1.82, 2.24) is 19.6 Å². The SMILES string of the molecule is CCC(CC)c1cc(C)nn2c(-c3sc(-c4ccc(F)cc4C)nc3C)c(C)nc12. The normalized spacial score (nSPS) is 11.7. The Balaban J connectivity index is 1.92. The Bertz CT molecular complexity index is 1230. The van der Waals surface area contributed by atoms with Gasteiger partial charge in [0, 0.05) is 11.1 Å². The molecule has 0 bridgehead atoms. The van der Waals surface area contributed by atoms with E-state index in [1.807, 2.05) is 38.3 Å². The molecule has 4 aromatic rings. The van der Waals surface area contributed by atoms with Gasteiger partial charge in [-0.3, -0.25) is 0 Å². The van der Waals surface area contributed by atoms with Crippen molar-refractivity contribution in [3.05, 3.63) is 58.3 Å². The predicted octanol–water partition coefficient (Wildman–Crippen LogP) is 6.80. The number of aryl methyl sites for hydroxylation is 4. The van der Waals surface area contributed by atoms with Crippen LogP contribution in [0, 0.1) is 33.5 Å². The summed E-state index contributed by atoms with van der Waals surface area (Å²) in [6.07, 6.45) is 2.15. The van der Waals surface area contributed by atoms with Crippen molar-refractivity contribution in [1.29, 1.82) is 0 Å². The molecule has 0 N–H and O–H groups in total. The van der Waals surface area contributed by atoms with Crippen molar-refractivity contribution in [3.8, 4) is 21.1 Å². The Morgan fingerprint density at radius 2 is 1.73 bits per heavy atom. The molecule has 3 aromatic heterocycles. The van der Waals surface area contributed by atoms with E-state index < -0.39 is 0 Å². The second kappa shape index (κ2) is 7.91. The molecule has 0 unspecified atom stereocenters.